The first-order valence-corrected chi connectivity index (χ1v) is 13.4. The number of aromatic nitrogens is 1. The molecule has 0 atom stereocenters. The van der Waals surface area contributed by atoms with Crippen molar-refractivity contribution in [3.05, 3.63) is 87.7 Å². The zero-order valence-electron chi connectivity index (χ0n) is 23.9. The van der Waals surface area contributed by atoms with E-state index in [0.717, 1.165) is 79.7 Å². The van der Waals surface area contributed by atoms with E-state index in [2.05, 4.69) is 83.1 Å². The topological polar surface area (TPSA) is 37.6 Å². The monoisotopic (exact) mass is 623 g/mol. The van der Waals surface area contributed by atoms with Crippen LogP contribution in [0.15, 0.2) is 58.5 Å². The van der Waals surface area contributed by atoms with Gasteiger partial charge in [0, 0.05) is 0 Å². The molecule has 1 heterocycles. The summed E-state index contributed by atoms with van der Waals surface area (Å²) in [5, 5.41) is 0. The van der Waals surface area contributed by atoms with Gasteiger partial charge < -0.3 is 37.2 Å². The summed E-state index contributed by atoms with van der Waals surface area (Å²) in [6.07, 6.45) is 12.5. The summed E-state index contributed by atoms with van der Waals surface area (Å²) in [4.78, 5) is 14.8. The Hall–Kier alpha value is -1.62. The maximum Gasteiger partial charge on any atom is 3.00 e. The van der Waals surface area contributed by atoms with Crippen molar-refractivity contribution < 1.29 is 55.8 Å². The van der Waals surface area contributed by atoms with Crippen LogP contribution in [0.5, 0.6) is 0 Å². The Kier molecular flexibility index (Phi) is 21.5. The molecule has 39 heavy (non-hydrogen) atoms. The Morgan fingerprint density at radius 2 is 0.897 bits per heavy atom. The zero-order chi connectivity index (χ0) is 25.0. The largest absolute Gasteiger partial charge is 3.00 e. The van der Waals surface area contributed by atoms with Gasteiger partial charge in [0.15, 0.2) is 0 Å². The van der Waals surface area contributed by atoms with Crippen LogP contribution in [-0.4, -0.2) is 17.4 Å². The molecule has 0 N–H and O–H groups in total. The van der Waals surface area contributed by atoms with E-state index in [1.54, 1.807) is 0 Å². The second-order valence-electron chi connectivity index (χ2n) is 9.36. The summed E-state index contributed by atoms with van der Waals surface area (Å²) in [5.41, 5.74) is 10.4. The minimum Gasteiger partial charge on any atom is -1.00 e. The molecule has 3 aromatic rings. The minimum absolute atomic E-state index is 0. The fourth-order valence-corrected chi connectivity index (χ4v) is 4.62. The van der Waals surface area contributed by atoms with E-state index in [1.807, 2.05) is 12.4 Å². The molecule has 0 bridgehead atoms. The molecule has 0 aliphatic heterocycles. The molecule has 0 fully saturated rings. The van der Waals surface area contributed by atoms with Crippen LogP contribution in [0.2, 0.25) is 0 Å². The number of para-hydroxylation sites is 2. The molecule has 0 aliphatic rings. The van der Waals surface area contributed by atoms with E-state index in [0.29, 0.717) is 0 Å². The van der Waals surface area contributed by atoms with Crippen molar-refractivity contribution in [3.8, 4) is 0 Å². The molecule has 0 unspecified atom stereocenters. The second-order valence-corrected chi connectivity index (χ2v) is 9.36. The van der Waals surface area contributed by atoms with E-state index < -0.39 is 0 Å². The predicted octanol–water partition coefficient (Wildman–Crippen LogP) is -0.289. The molecule has 2 aromatic carbocycles. The maximum absolute atomic E-state index is 4.96. The maximum atomic E-state index is 4.96. The smallest absolute Gasteiger partial charge is 1.00 e. The van der Waals surface area contributed by atoms with E-state index in [4.69, 9.17) is 15.0 Å². The van der Waals surface area contributed by atoms with Gasteiger partial charge in [-0.3, -0.25) is 9.98 Å². The van der Waals surface area contributed by atoms with Crippen molar-refractivity contribution in [2.45, 2.75) is 86.0 Å². The first-order chi connectivity index (χ1) is 17.1. The molecular formula is C32H41Cl3N3V. The number of aryl methyl sites for hydroxylation is 5. The number of hydrogen-bond acceptors (Lipinski definition) is 3. The van der Waals surface area contributed by atoms with Crippen molar-refractivity contribution in [2.24, 2.45) is 9.98 Å². The molecule has 0 spiro atoms. The minimum atomic E-state index is 0. The van der Waals surface area contributed by atoms with Crippen LogP contribution >= 0.6 is 0 Å². The summed E-state index contributed by atoms with van der Waals surface area (Å²) < 4.78 is 0. The van der Waals surface area contributed by atoms with E-state index in [-0.39, 0.29) is 55.8 Å². The molecule has 0 saturated carbocycles. The van der Waals surface area contributed by atoms with Gasteiger partial charge in [-0.25, -0.2) is 4.98 Å². The third kappa shape index (κ3) is 11.8. The number of halogens is 3. The van der Waals surface area contributed by atoms with Crippen molar-refractivity contribution in [2.75, 3.05) is 0 Å². The van der Waals surface area contributed by atoms with Crippen LogP contribution < -0.4 is 37.2 Å². The van der Waals surface area contributed by atoms with Gasteiger partial charge in [-0.1, -0.05) is 89.8 Å². The van der Waals surface area contributed by atoms with Crippen molar-refractivity contribution in [1.29, 1.82) is 0 Å². The summed E-state index contributed by atoms with van der Waals surface area (Å²) >= 11 is 0. The first kappa shape index (κ1) is 39.5. The van der Waals surface area contributed by atoms with Gasteiger partial charge in [0.1, 0.15) is 0 Å². The number of nitrogens with zero attached hydrogens (tertiary/aromatic N) is 3. The summed E-state index contributed by atoms with van der Waals surface area (Å²) in [6, 6.07) is 17.3. The summed E-state index contributed by atoms with van der Waals surface area (Å²) in [5.74, 6) is 0. The standard InChI is InChI=1S/C32H41N3.3ClH.V/c1-6-12-25-16-10-17-26(13-7-2)31(25)33-22-29-20-24(5)21-30(35-29)23-34-32-27(14-8-3)18-11-19-28(32)15-9-4;;;;/h10-11,16-23H,6-9,12-15H2,1-5H3;3*1H;/q;;;;+3/p-3. The van der Waals surface area contributed by atoms with Gasteiger partial charge in [0.25, 0.3) is 0 Å². The molecule has 0 aliphatic carbocycles. The quantitative estimate of drug-likeness (QED) is 0.256. The Labute approximate surface area is 266 Å². The molecule has 1 aromatic heterocycles. The average molecular weight is 625 g/mol. The number of benzene rings is 2. The first-order valence-electron chi connectivity index (χ1n) is 13.4. The van der Waals surface area contributed by atoms with Crippen LogP contribution in [0.25, 0.3) is 0 Å². The van der Waals surface area contributed by atoms with Gasteiger partial charge in [-0.15, -0.1) is 0 Å². The zero-order valence-corrected chi connectivity index (χ0v) is 27.5. The third-order valence-electron chi connectivity index (χ3n) is 6.14. The van der Waals surface area contributed by atoms with Gasteiger partial charge in [0.2, 0.25) is 0 Å². The summed E-state index contributed by atoms with van der Waals surface area (Å²) in [6.45, 7) is 11.0. The third-order valence-corrected chi connectivity index (χ3v) is 6.14. The van der Waals surface area contributed by atoms with E-state index in [9.17, 15) is 0 Å². The number of pyridine rings is 1. The van der Waals surface area contributed by atoms with Gasteiger partial charge in [-0.2, -0.15) is 0 Å². The van der Waals surface area contributed by atoms with Crippen LogP contribution in [0.1, 0.15) is 92.6 Å². The van der Waals surface area contributed by atoms with Crippen LogP contribution in [-0.2, 0) is 44.2 Å². The normalized spacial score (nSPS) is 10.5. The molecular weight excluding hydrogens is 584 g/mol. The fourth-order valence-electron chi connectivity index (χ4n) is 4.62. The van der Waals surface area contributed by atoms with Crippen LogP contribution in [0, 0.1) is 6.92 Å². The van der Waals surface area contributed by atoms with E-state index >= 15 is 0 Å². The fraction of sp³-hybridized carbons (Fsp3) is 0.406. The summed E-state index contributed by atoms with van der Waals surface area (Å²) in [7, 11) is 0. The Balaban J connectivity index is 0. The number of rotatable bonds is 12. The Bertz CT molecular complexity index is 1040. The van der Waals surface area contributed by atoms with E-state index in [1.165, 1.54) is 22.3 Å². The van der Waals surface area contributed by atoms with Crippen LogP contribution in [0.3, 0.4) is 0 Å². The Morgan fingerprint density at radius 1 is 0.590 bits per heavy atom. The van der Waals surface area contributed by atoms with Crippen molar-refractivity contribution in [3.63, 3.8) is 0 Å². The average Bonchev–Trinajstić information content (AvgIpc) is 2.84. The molecule has 7 heteroatoms. The van der Waals surface area contributed by atoms with Gasteiger partial charge in [0.05, 0.1) is 35.2 Å². The molecule has 210 valence electrons. The molecule has 3 nitrogen and oxygen atoms in total. The predicted molar refractivity (Wildman–Crippen MR) is 152 cm³/mol. The molecule has 0 saturated heterocycles. The molecule has 0 radical (unpaired) electrons. The number of hydrogen-bond donors (Lipinski definition) is 0. The Morgan fingerprint density at radius 3 is 1.18 bits per heavy atom. The van der Waals surface area contributed by atoms with Gasteiger partial charge >= 0.3 is 18.6 Å². The SMILES string of the molecule is CCCc1cccc(CCC)c1N=Cc1cc(C)cc(C=Nc2c(CCC)cccc2CCC)n1.[Cl-].[Cl-].[Cl-].[V+3]. The molecule has 0 amide bonds. The van der Waals surface area contributed by atoms with Gasteiger partial charge in [-0.05, 0) is 72.6 Å². The van der Waals surface area contributed by atoms with Crippen LogP contribution in [0.4, 0.5) is 11.4 Å². The second kappa shape index (κ2) is 21.2. The van der Waals surface area contributed by atoms with Crippen molar-refractivity contribution >= 4 is 23.8 Å². The molecule has 3 rings (SSSR count). The van der Waals surface area contributed by atoms with Crippen molar-refractivity contribution in [1.82, 2.24) is 4.98 Å². The number of aliphatic imine (C=N–C) groups is 2.